The number of methoxy groups -OCH3 is 1. The molecular formula is C19H24N4O2. The number of hydrogen-bond acceptors (Lipinski definition) is 5. The Morgan fingerprint density at radius 3 is 2.48 bits per heavy atom. The first-order chi connectivity index (χ1) is 12.3. The van der Waals surface area contributed by atoms with E-state index in [-0.39, 0.29) is 5.91 Å². The van der Waals surface area contributed by atoms with Crippen molar-refractivity contribution in [2.75, 3.05) is 32.1 Å². The molecule has 0 saturated carbocycles. The van der Waals surface area contributed by atoms with Crippen molar-refractivity contribution in [1.82, 2.24) is 15.1 Å². The zero-order valence-electron chi connectivity index (χ0n) is 14.6. The van der Waals surface area contributed by atoms with Gasteiger partial charge in [0.15, 0.2) is 5.69 Å². The van der Waals surface area contributed by atoms with Crippen LogP contribution >= 0.6 is 0 Å². The number of amides is 1. The van der Waals surface area contributed by atoms with E-state index in [1.807, 2.05) is 35.2 Å². The van der Waals surface area contributed by atoms with E-state index in [2.05, 4.69) is 15.5 Å². The summed E-state index contributed by atoms with van der Waals surface area (Å²) in [6, 6.07) is 11.6. The van der Waals surface area contributed by atoms with Crippen molar-refractivity contribution >= 4 is 11.7 Å². The second-order valence-electron chi connectivity index (χ2n) is 6.18. The van der Waals surface area contributed by atoms with Crippen molar-refractivity contribution in [3.05, 3.63) is 47.7 Å². The average molecular weight is 340 g/mol. The Labute approximate surface area is 148 Å². The van der Waals surface area contributed by atoms with Crippen LogP contribution < -0.4 is 10.1 Å². The van der Waals surface area contributed by atoms with Gasteiger partial charge in [0.25, 0.3) is 5.91 Å². The summed E-state index contributed by atoms with van der Waals surface area (Å²) in [5.74, 6) is 1.53. The molecule has 1 N–H and O–H groups in total. The average Bonchev–Trinajstić information content (AvgIpc) is 2.69. The molecule has 0 atom stereocenters. The van der Waals surface area contributed by atoms with Crippen LogP contribution in [0.1, 0.15) is 35.3 Å². The van der Waals surface area contributed by atoms with Crippen molar-refractivity contribution in [3.63, 3.8) is 0 Å². The molecule has 0 bridgehead atoms. The number of rotatable bonds is 6. The minimum Gasteiger partial charge on any atom is -0.497 e. The predicted octanol–water partition coefficient (Wildman–Crippen LogP) is 2.77. The van der Waals surface area contributed by atoms with Gasteiger partial charge in [-0.05, 0) is 55.5 Å². The van der Waals surface area contributed by atoms with E-state index >= 15 is 0 Å². The largest absolute Gasteiger partial charge is 0.497 e. The molecule has 3 rings (SSSR count). The van der Waals surface area contributed by atoms with Crippen LogP contribution in [0.4, 0.5) is 5.82 Å². The Kier molecular flexibility index (Phi) is 5.82. The van der Waals surface area contributed by atoms with Gasteiger partial charge in [0, 0.05) is 19.6 Å². The summed E-state index contributed by atoms with van der Waals surface area (Å²) in [6.07, 6.45) is 4.22. The first-order valence-corrected chi connectivity index (χ1v) is 8.76. The first kappa shape index (κ1) is 17.2. The lowest BCUT2D eigenvalue weighted by molar-refractivity contribution is 0.0717. The molecule has 6 heteroatoms. The van der Waals surface area contributed by atoms with Crippen LogP contribution in [-0.2, 0) is 6.42 Å². The van der Waals surface area contributed by atoms with E-state index < -0.39 is 0 Å². The molecule has 25 heavy (non-hydrogen) atoms. The molecule has 1 saturated heterocycles. The third-order valence-electron chi connectivity index (χ3n) is 4.41. The molecule has 2 aromatic rings. The molecular weight excluding hydrogens is 316 g/mol. The highest BCUT2D eigenvalue weighted by Crippen LogP contribution is 2.13. The van der Waals surface area contributed by atoms with Crippen LogP contribution in [0.2, 0.25) is 0 Å². The standard InChI is InChI=1S/C19H24N4O2/c1-25-16-7-5-15(6-8-16)11-12-20-18-10-9-17(21-22-18)19(24)23-13-3-2-4-14-23/h5-10H,2-4,11-14H2,1H3,(H,20,22). The number of anilines is 1. The highest BCUT2D eigenvalue weighted by Gasteiger charge is 2.19. The Bertz CT molecular complexity index is 680. The Hall–Kier alpha value is -2.63. The van der Waals surface area contributed by atoms with Crippen LogP contribution in [0.15, 0.2) is 36.4 Å². The summed E-state index contributed by atoms with van der Waals surface area (Å²) in [5, 5.41) is 11.4. The van der Waals surface area contributed by atoms with Crippen LogP contribution in [0.5, 0.6) is 5.75 Å². The smallest absolute Gasteiger partial charge is 0.274 e. The molecule has 0 unspecified atom stereocenters. The zero-order valence-corrected chi connectivity index (χ0v) is 14.6. The maximum atomic E-state index is 12.4. The van der Waals surface area contributed by atoms with Crippen LogP contribution in [0.3, 0.4) is 0 Å². The molecule has 1 aromatic heterocycles. The van der Waals surface area contributed by atoms with E-state index in [1.165, 1.54) is 12.0 Å². The molecule has 1 aromatic carbocycles. The van der Waals surface area contributed by atoms with Gasteiger partial charge in [-0.3, -0.25) is 4.79 Å². The Morgan fingerprint density at radius 2 is 1.84 bits per heavy atom. The van der Waals surface area contributed by atoms with E-state index in [4.69, 9.17) is 4.74 Å². The summed E-state index contributed by atoms with van der Waals surface area (Å²) in [7, 11) is 1.66. The van der Waals surface area contributed by atoms with Crippen LogP contribution in [-0.4, -0.2) is 47.7 Å². The molecule has 1 fully saturated rings. The number of carbonyl (C=O) groups is 1. The fourth-order valence-electron chi connectivity index (χ4n) is 2.93. The highest BCUT2D eigenvalue weighted by atomic mass is 16.5. The fraction of sp³-hybridized carbons (Fsp3) is 0.421. The summed E-state index contributed by atoms with van der Waals surface area (Å²) in [4.78, 5) is 14.2. The Morgan fingerprint density at radius 1 is 1.08 bits per heavy atom. The van der Waals surface area contributed by atoms with E-state index in [0.717, 1.165) is 44.6 Å². The topological polar surface area (TPSA) is 67.3 Å². The normalized spacial score (nSPS) is 14.2. The highest BCUT2D eigenvalue weighted by molar-refractivity contribution is 5.92. The lowest BCUT2D eigenvalue weighted by Crippen LogP contribution is -2.36. The van der Waals surface area contributed by atoms with Gasteiger partial charge in [-0.2, -0.15) is 0 Å². The number of ether oxygens (including phenoxy) is 1. The first-order valence-electron chi connectivity index (χ1n) is 8.76. The van der Waals surface area contributed by atoms with Crippen molar-refractivity contribution < 1.29 is 9.53 Å². The van der Waals surface area contributed by atoms with Crippen molar-refractivity contribution in [3.8, 4) is 5.75 Å². The zero-order chi connectivity index (χ0) is 17.5. The maximum Gasteiger partial charge on any atom is 0.274 e. The van der Waals surface area contributed by atoms with Gasteiger partial charge >= 0.3 is 0 Å². The van der Waals surface area contributed by atoms with Crippen molar-refractivity contribution in [2.45, 2.75) is 25.7 Å². The van der Waals surface area contributed by atoms with E-state index in [0.29, 0.717) is 11.5 Å². The van der Waals surface area contributed by atoms with Crippen molar-refractivity contribution in [1.29, 1.82) is 0 Å². The number of nitrogens with zero attached hydrogens (tertiary/aromatic N) is 3. The second-order valence-corrected chi connectivity index (χ2v) is 6.18. The number of benzene rings is 1. The Balaban J connectivity index is 1.49. The summed E-state index contributed by atoms with van der Waals surface area (Å²) in [6.45, 7) is 2.39. The molecule has 0 spiro atoms. The predicted molar refractivity (Wildman–Crippen MR) is 97.0 cm³/mol. The molecule has 1 amide bonds. The van der Waals surface area contributed by atoms with E-state index in [1.54, 1.807) is 13.2 Å². The maximum absolute atomic E-state index is 12.4. The molecule has 1 aliphatic rings. The molecule has 0 radical (unpaired) electrons. The quantitative estimate of drug-likeness (QED) is 0.876. The summed E-state index contributed by atoms with van der Waals surface area (Å²) >= 11 is 0. The minimum atomic E-state index is -0.0167. The number of hydrogen-bond donors (Lipinski definition) is 1. The number of likely N-dealkylation sites (tertiary alicyclic amines) is 1. The number of nitrogens with one attached hydrogen (secondary N) is 1. The SMILES string of the molecule is COc1ccc(CCNc2ccc(C(=O)N3CCCCC3)nn2)cc1. The van der Waals surface area contributed by atoms with Gasteiger partial charge < -0.3 is 15.0 Å². The molecule has 132 valence electrons. The summed E-state index contributed by atoms with van der Waals surface area (Å²) < 4.78 is 5.15. The second kappa shape index (κ2) is 8.46. The molecule has 2 heterocycles. The van der Waals surface area contributed by atoms with Crippen LogP contribution in [0.25, 0.3) is 0 Å². The number of aromatic nitrogens is 2. The lowest BCUT2D eigenvalue weighted by Gasteiger charge is -2.26. The fourth-order valence-corrected chi connectivity index (χ4v) is 2.93. The summed E-state index contributed by atoms with van der Waals surface area (Å²) in [5.41, 5.74) is 1.64. The van der Waals surface area contributed by atoms with Crippen LogP contribution in [0, 0.1) is 0 Å². The van der Waals surface area contributed by atoms with Crippen molar-refractivity contribution in [2.24, 2.45) is 0 Å². The molecule has 1 aliphatic heterocycles. The van der Waals surface area contributed by atoms with Gasteiger partial charge in [0.2, 0.25) is 0 Å². The molecule has 6 nitrogen and oxygen atoms in total. The lowest BCUT2D eigenvalue weighted by atomic mass is 10.1. The number of carbonyl (C=O) groups excluding carboxylic acids is 1. The van der Waals surface area contributed by atoms with Gasteiger partial charge in [-0.15, -0.1) is 10.2 Å². The third kappa shape index (κ3) is 4.68. The van der Waals surface area contributed by atoms with Gasteiger partial charge in [-0.1, -0.05) is 12.1 Å². The van der Waals surface area contributed by atoms with E-state index in [9.17, 15) is 4.79 Å². The minimum absolute atomic E-state index is 0.0167. The molecule has 0 aliphatic carbocycles. The monoisotopic (exact) mass is 340 g/mol. The number of piperidine rings is 1. The van der Waals surface area contributed by atoms with Gasteiger partial charge in [-0.25, -0.2) is 0 Å². The van der Waals surface area contributed by atoms with Gasteiger partial charge in [0.1, 0.15) is 11.6 Å². The van der Waals surface area contributed by atoms with Gasteiger partial charge in [0.05, 0.1) is 7.11 Å². The third-order valence-corrected chi connectivity index (χ3v) is 4.41.